The van der Waals surface area contributed by atoms with E-state index < -0.39 is 0 Å². The second-order valence-corrected chi connectivity index (χ2v) is 8.34. The zero-order valence-electron chi connectivity index (χ0n) is 15.1. The first kappa shape index (κ1) is 17.2. The lowest BCUT2D eigenvalue weighted by molar-refractivity contribution is 0.0938. The average Bonchev–Trinajstić information content (AvgIpc) is 3.21. The van der Waals surface area contributed by atoms with Gasteiger partial charge in [-0.3, -0.25) is 9.69 Å². The van der Waals surface area contributed by atoms with Gasteiger partial charge in [-0.1, -0.05) is 18.5 Å². The van der Waals surface area contributed by atoms with Crippen molar-refractivity contribution in [1.82, 2.24) is 10.2 Å². The number of ether oxygens (including phenoxy) is 1. The van der Waals surface area contributed by atoms with Crippen LogP contribution in [-0.4, -0.2) is 42.1 Å². The Morgan fingerprint density at radius 2 is 2.04 bits per heavy atom. The van der Waals surface area contributed by atoms with Crippen molar-refractivity contribution >= 4 is 17.5 Å². The summed E-state index contributed by atoms with van der Waals surface area (Å²) in [6, 6.07) is 3.66. The Kier molecular flexibility index (Phi) is 4.45. The first-order valence-electron chi connectivity index (χ1n) is 9.53. The van der Waals surface area contributed by atoms with Crippen LogP contribution in [0.25, 0.3) is 0 Å². The quantitative estimate of drug-likeness (QED) is 0.881. The fraction of sp³-hybridized carbons (Fsp3) is 0.650. The third-order valence-electron chi connectivity index (χ3n) is 6.51. The van der Waals surface area contributed by atoms with Gasteiger partial charge in [-0.25, -0.2) is 0 Å². The SMILES string of the molecule is CC1Oc2c(C(=O)NCCC34CCCN3CCC4)cc(Cl)cc2C1C. The number of hydrogen-bond donors (Lipinski definition) is 1. The molecule has 1 N–H and O–H groups in total. The van der Waals surface area contributed by atoms with Crippen LogP contribution in [0.1, 0.15) is 67.8 Å². The number of fused-ring (bicyclic) bond motifs is 2. The van der Waals surface area contributed by atoms with Gasteiger partial charge < -0.3 is 10.1 Å². The highest BCUT2D eigenvalue weighted by Crippen LogP contribution is 2.43. The smallest absolute Gasteiger partial charge is 0.255 e. The molecule has 2 atom stereocenters. The van der Waals surface area contributed by atoms with E-state index in [-0.39, 0.29) is 17.9 Å². The second kappa shape index (κ2) is 6.48. The molecule has 0 aliphatic carbocycles. The van der Waals surface area contributed by atoms with Crippen LogP contribution in [0.3, 0.4) is 0 Å². The minimum atomic E-state index is -0.0704. The molecule has 3 aliphatic rings. The molecule has 0 bridgehead atoms. The fourth-order valence-corrected chi connectivity index (χ4v) is 5.16. The van der Waals surface area contributed by atoms with Gasteiger partial charge in [0, 0.05) is 28.6 Å². The fourth-order valence-electron chi connectivity index (χ4n) is 4.93. The summed E-state index contributed by atoms with van der Waals surface area (Å²) in [5.41, 5.74) is 1.95. The lowest BCUT2D eigenvalue weighted by atomic mass is 9.90. The van der Waals surface area contributed by atoms with E-state index in [4.69, 9.17) is 16.3 Å². The summed E-state index contributed by atoms with van der Waals surface area (Å²) in [5, 5.41) is 3.72. The summed E-state index contributed by atoms with van der Waals surface area (Å²) in [7, 11) is 0. The van der Waals surface area contributed by atoms with Crippen molar-refractivity contribution in [3.05, 3.63) is 28.3 Å². The minimum Gasteiger partial charge on any atom is -0.489 e. The molecule has 2 fully saturated rings. The summed E-state index contributed by atoms with van der Waals surface area (Å²) in [4.78, 5) is 15.4. The molecule has 3 aliphatic heterocycles. The predicted molar refractivity (Wildman–Crippen MR) is 99.7 cm³/mol. The van der Waals surface area contributed by atoms with Crippen LogP contribution in [0, 0.1) is 0 Å². The summed E-state index contributed by atoms with van der Waals surface area (Å²) >= 11 is 6.25. The van der Waals surface area contributed by atoms with Crippen molar-refractivity contribution in [3.8, 4) is 5.75 Å². The number of carbonyl (C=O) groups is 1. The molecule has 1 aromatic carbocycles. The van der Waals surface area contributed by atoms with Crippen LogP contribution in [0.4, 0.5) is 0 Å². The molecule has 2 saturated heterocycles. The third-order valence-corrected chi connectivity index (χ3v) is 6.73. The first-order chi connectivity index (χ1) is 12.0. The van der Waals surface area contributed by atoms with Crippen LogP contribution in [0.15, 0.2) is 12.1 Å². The number of halogens is 1. The van der Waals surface area contributed by atoms with Gasteiger partial charge in [-0.05, 0) is 64.3 Å². The van der Waals surface area contributed by atoms with Crippen LogP contribution < -0.4 is 10.1 Å². The van der Waals surface area contributed by atoms with Crippen molar-refractivity contribution in [2.75, 3.05) is 19.6 Å². The normalized spacial score (nSPS) is 27.0. The number of carbonyl (C=O) groups excluding carboxylic acids is 1. The Morgan fingerprint density at radius 3 is 2.76 bits per heavy atom. The average molecular weight is 363 g/mol. The summed E-state index contributed by atoms with van der Waals surface area (Å²) < 4.78 is 5.95. The van der Waals surface area contributed by atoms with Gasteiger partial charge in [0.2, 0.25) is 0 Å². The second-order valence-electron chi connectivity index (χ2n) is 7.91. The van der Waals surface area contributed by atoms with Crippen LogP contribution >= 0.6 is 11.6 Å². The van der Waals surface area contributed by atoms with E-state index in [9.17, 15) is 4.79 Å². The molecule has 1 aromatic rings. The van der Waals surface area contributed by atoms with E-state index in [0.717, 1.165) is 12.0 Å². The zero-order valence-corrected chi connectivity index (χ0v) is 15.9. The summed E-state index contributed by atoms with van der Waals surface area (Å²) in [6.07, 6.45) is 6.24. The monoisotopic (exact) mass is 362 g/mol. The summed E-state index contributed by atoms with van der Waals surface area (Å²) in [6.45, 7) is 7.30. The number of hydrogen-bond acceptors (Lipinski definition) is 3. The summed E-state index contributed by atoms with van der Waals surface area (Å²) in [5.74, 6) is 0.895. The highest BCUT2D eigenvalue weighted by molar-refractivity contribution is 6.31. The van der Waals surface area contributed by atoms with Gasteiger partial charge >= 0.3 is 0 Å². The maximum Gasteiger partial charge on any atom is 0.255 e. The Bertz CT molecular complexity index is 681. The lowest BCUT2D eigenvalue weighted by Gasteiger charge is -2.32. The maximum absolute atomic E-state index is 12.8. The molecule has 0 saturated carbocycles. The number of benzene rings is 1. The van der Waals surface area contributed by atoms with Gasteiger partial charge in [-0.2, -0.15) is 0 Å². The molecule has 0 aromatic heterocycles. The highest BCUT2D eigenvalue weighted by atomic mass is 35.5. The van der Waals surface area contributed by atoms with Gasteiger partial charge in [-0.15, -0.1) is 0 Å². The van der Waals surface area contributed by atoms with Crippen molar-refractivity contribution in [2.45, 2.75) is 63.5 Å². The highest BCUT2D eigenvalue weighted by Gasteiger charge is 2.43. The van der Waals surface area contributed by atoms with Crippen LogP contribution in [0.2, 0.25) is 5.02 Å². The predicted octanol–water partition coefficient (Wildman–Crippen LogP) is 3.97. The molecule has 0 spiro atoms. The zero-order chi connectivity index (χ0) is 17.6. The molecule has 136 valence electrons. The van der Waals surface area contributed by atoms with Crippen LogP contribution in [0.5, 0.6) is 5.75 Å². The van der Waals surface area contributed by atoms with Crippen molar-refractivity contribution in [3.63, 3.8) is 0 Å². The van der Waals surface area contributed by atoms with E-state index in [1.54, 1.807) is 6.07 Å². The topological polar surface area (TPSA) is 41.6 Å². The molecule has 4 nitrogen and oxygen atoms in total. The molecule has 4 rings (SSSR count). The van der Waals surface area contributed by atoms with Crippen molar-refractivity contribution in [2.24, 2.45) is 0 Å². The third kappa shape index (κ3) is 2.93. The standard InChI is InChI=1S/C20H27ClN2O2/c1-13-14(2)25-18-16(13)11-15(21)12-17(18)19(24)22-8-7-20-5-3-9-23(20)10-4-6-20/h11-14H,3-10H2,1-2H3,(H,22,24). The Labute approximate surface area is 154 Å². The number of rotatable bonds is 4. The molecule has 0 radical (unpaired) electrons. The van der Waals surface area contributed by atoms with Gasteiger partial charge in [0.15, 0.2) is 0 Å². The van der Waals surface area contributed by atoms with E-state index >= 15 is 0 Å². The molecule has 25 heavy (non-hydrogen) atoms. The largest absolute Gasteiger partial charge is 0.489 e. The van der Waals surface area contributed by atoms with Crippen molar-refractivity contribution < 1.29 is 9.53 Å². The van der Waals surface area contributed by atoms with E-state index in [1.807, 2.05) is 13.0 Å². The van der Waals surface area contributed by atoms with Crippen molar-refractivity contribution in [1.29, 1.82) is 0 Å². The molecular weight excluding hydrogens is 336 g/mol. The van der Waals surface area contributed by atoms with Crippen LogP contribution in [-0.2, 0) is 0 Å². The molecule has 1 amide bonds. The number of amides is 1. The maximum atomic E-state index is 12.8. The van der Waals surface area contributed by atoms with E-state index in [1.165, 1.54) is 38.8 Å². The van der Waals surface area contributed by atoms with E-state index in [0.29, 0.717) is 28.4 Å². The lowest BCUT2D eigenvalue weighted by Crippen LogP contribution is -2.41. The first-order valence-corrected chi connectivity index (χ1v) is 9.91. The van der Waals surface area contributed by atoms with Gasteiger partial charge in [0.1, 0.15) is 11.9 Å². The Morgan fingerprint density at radius 1 is 1.32 bits per heavy atom. The molecular formula is C20H27ClN2O2. The Hall–Kier alpha value is -1.26. The van der Waals surface area contributed by atoms with Gasteiger partial charge in [0.05, 0.1) is 5.56 Å². The number of nitrogens with zero attached hydrogens (tertiary/aromatic N) is 1. The molecule has 3 heterocycles. The van der Waals surface area contributed by atoms with E-state index in [2.05, 4.69) is 17.1 Å². The Balaban J connectivity index is 1.45. The van der Waals surface area contributed by atoms with Gasteiger partial charge in [0.25, 0.3) is 5.91 Å². The molecule has 5 heteroatoms. The molecule has 2 unspecified atom stereocenters. The number of nitrogens with one attached hydrogen (secondary N) is 1. The minimum absolute atomic E-state index is 0.0704.